The van der Waals surface area contributed by atoms with Gasteiger partial charge in [-0.15, -0.1) is 0 Å². The molecule has 3 aromatic rings. The molecule has 1 atom stereocenters. The van der Waals surface area contributed by atoms with E-state index in [0.29, 0.717) is 36.0 Å². The highest BCUT2D eigenvalue weighted by molar-refractivity contribution is 7.86. The number of hydrogen-bond acceptors (Lipinski definition) is 9. The number of rotatable bonds is 5. The average Bonchev–Trinajstić information content (AvgIpc) is 3.42. The lowest BCUT2D eigenvalue weighted by Crippen LogP contribution is -2.41. The molecule has 2 aliphatic rings. The number of aliphatic carboxylic acids is 1. The fraction of sp³-hybridized carbons (Fsp3) is 0.200. The second-order valence-electron chi connectivity index (χ2n) is 8.29. The van der Waals surface area contributed by atoms with Gasteiger partial charge in [0.2, 0.25) is 5.95 Å². The number of nitrogens with two attached hydrogens (primary N) is 1. The Balaban J connectivity index is 0.000000747. The van der Waals surface area contributed by atoms with Crippen LogP contribution in [0.25, 0.3) is 11.1 Å². The van der Waals surface area contributed by atoms with Crippen molar-refractivity contribution >= 4 is 27.9 Å². The highest BCUT2D eigenvalue weighted by atomic mass is 32.2. The third-order valence-electron chi connectivity index (χ3n) is 5.59. The Morgan fingerprint density at radius 1 is 1.14 bits per heavy atom. The number of carboxylic acids is 1. The molecule has 0 saturated carbocycles. The van der Waals surface area contributed by atoms with Crippen LogP contribution in [0.5, 0.6) is 5.75 Å². The van der Waals surface area contributed by atoms with Crippen molar-refractivity contribution in [2.24, 2.45) is 15.7 Å². The Hall–Kier alpha value is -4.32. The number of amidine groups is 1. The molecule has 0 aliphatic carbocycles. The van der Waals surface area contributed by atoms with Crippen molar-refractivity contribution in [2.45, 2.75) is 12.5 Å². The average molecular weight is 526 g/mol. The summed E-state index contributed by atoms with van der Waals surface area (Å²) in [6.07, 6.45) is 2.38. The second kappa shape index (κ2) is 9.97. The molecular formula is C25H24FN5O5S. The zero-order valence-corrected chi connectivity index (χ0v) is 20.8. The maximum atomic E-state index is 14.4. The van der Waals surface area contributed by atoms with Crippen LogP contribution in [0.4, 0.5) is 4.39 Å². The normalized spacial score (nSPS) is 18.3. The van der Waals surface area contributed by atoms with Gasteiger partial charge in [0.1, 0.15) is 11.6 Å². The Morgan fingerprint density at radius 2 is 1.84 bits per heavy atom. The number of aromatic nitrogens is 1. The predicted octanol–water partition coefficient (Wildman–Crippen LogP) is 2.60. The summed E-state index contributed by atoms with van der Waals surface area (Å²) >= 11 is 0. The van der Waals surface area contributed by atoms with Crippen LogP contribution in [-0.2, 0) is 20.5 Å². The lowest BCUT2D eigenvalue weighted by Gasteiger charge is -2.29. The van der Waals surface area contributed by atoms with Gasteiger partial charge in [-0.05, 0) is 47.0 Å². The van der Waals surface area contributed by atoms with Gasteiger partial charge in [-0.2, -0.15) is 12.8 Å². The highest BCUT2D eigenvalue weighted by Gasteiger charge is 2.50. The summed E-state index contributed by atoms with van der Waals surface area (Å²) in [5.74, 6) is -0.218. The van der Waals surface area contributed by atoms with Crippen LogP contribution in [0.1, 0.15) is 18.1 Å². The minimum Gasteiger partial charge on any atom is -0.481 e. The van der Waals surface area contributed by atoms with Crippen molar-refractivity contribution in [3.63, 3.8) is 0 Å². The van der Waals surface area contributed by atoms with Crippen LogP contribution in [-0.4, -0.2) is 60.5 Å². The predicted molar refractivity (Wildman–Crippen MR) is 136 cm³/mol. The monoisotopic (exact) mass is 525 g/mol. The Bertz CT molecular complexity index is 1500. The summed E-state index contributed by atoms with van der Waals surface area (Å²) in [6, 6.07) is 17.3. The Morgan fingerprint density at radius 3 is 2.49 bits per heavy atom. The van der Waals surface area contributed by atoms with Crippen LogP contribution in [0.15, 0.2) is 76.8 Å². The van der Waals surface area contributed by atoms with E-state index in [1.807, 2.05) is 23.1 Å². The van der Waals surface area contributed by atoms with Crippen LogP contribution in [0.2, 0.25) is 0 Å². The van der Waals surface area contributed by atoms with E-state index in [9.17, 15) is 12.8 Å². The molecule has 10 nitrogen and oxygen atoms in total. The number of carbonyl (C=O) groups is 1. The fourth-order valence-electron chi connectivity index (χ4n) is 4.26. The molecule has 37 heavy (non-hydrogen) atoms. The van der Waals surface area contributed by atoms with Crippen molar-refractivity contribution in [3.05, 3.63) is 83.9 Å². The molecule has 1 aromatic heterocycles. The lowest BCUT2D eigenvalue weighted by atomic mass is 9.81. The topological polar surface area (TPSA) is 148 Å². The third kappa shape index (κ3) is 5.28. The molecule has 0 fully saturated rings. The van der Waals surface area contributed by atoms with Gasteiger partial charge in [-0.1, -0.05) is 30.3 Å². The number of fused-ring (bicyclic) bond motifs is 1. The molecule has 192 valence electrons. The number of hydrogen-bond donors (Lipinski definition) is 2. The van der Waals surface area contributed by atoms with E-state index in [4.69, 9.17) is 29.8 Å². The summed E-state index contributed by atoms with van der Waals surface area (Å²) in [4.78, 5) is 24.1. The molecule has 2 aromatic carbocycles. The molecule has 3 N–H and O–H groups in total. The van der Waals surface area contributed by atoms with Crippen LogP contribution >= 0.6 is 0 Å². The first kappa shape index (κ1) is 25.8. The second-order valence-corrected chi connectivity index (χ2v) is 9.87. The van der Waals surface area contributed by atoms with Gasteiger partial charge >= 0.3 is 10.1 Å². The first-order valence-corrected chi connectivity index (χ1v) is 12.9. The molecule has 1 unspecified atom stereocenters. The number of pyridine rings is 1. The molecule has 2 aliphatic heterocycles. The van der Waals surface area contributed by atoms with Gasteiger partial charge in [-0.3, -0.25) is 14.7 Å². The van der Waals surface area contributed by atoms with Crippen molar-refractivity contribution < 1.29 is 26.9 Å². The largest absolute Gasteiger partial charge is 0.481 e. The summed E-state index contributed by atoms with van der Waals surface area (Å²) in [6.45, 7) is 2.26. The first-order valence-electron chi connectivity index (χ1n) is 11.1. The highest BCUT2D eigenvalue weighted by Crippen LogP contribution is 2.43. The van der Waals surface area contributed by atoms with Gasteiger partial charge in [0.05, 0.1) is 12.8 Å². The minimum atomic E-state index is -3.66. The smallest absolute Gasteiger partial charge is 0.306 e. The Labute approximate surface area is 213 Å². The standard InChI is InChI=1S/C23H20FN5O3S.C2H4O2/c1-33(30,31)32-18-9-7-16(8-10-18)23(21-27-12-13-29(21)22(25)28-23)17-5-2-4-15(14-17)19-6-3-11-26-20(19)24;1-2(3)4/h2-11,14H,12-13H2,1H3,(H2,25,28);1H3,(H,3,4). The van der Waals surface area contributed by atoms with E-state index in [1.165, 1.54) is 6.20 Å². The molecular weight excluding hydrogens is 501 g/mol. The van der Waals surface area contributed by atoms with E-state index in [0.717, 1.165) is 24.3 Å². The zero-order chi connectivity index (χ0) is 26.8. The summed E-state index contributed by atoms with van der Waals surface area (Å²) in [7, 11) is -3.66. The summed E-state index contributed by atoms with van der Waals surface area (Å²) < 4.78 is 42.4. The van der Waals surface area contributed by atoms with Crippen molar-refractivity contribution in [1.82, 2.24) is 9.88 Å². The maximum absolute atomic E-state index is 14.4. The molecule has 0 saturated heterocycles. The lowest BCUT2D eigenvalue weighted by molar-refractivity contribution is -0.134. The number of guanidine groups is 1. The summed E-state index contributed by atoms with van der Waals surface area (Å²) in [5, 5.41) is 7.42. The zero-order valence-electron chi connectivity index (χ0n) is 20.0. The third-order valence-corrected chi connectivity index (χ3v) is 6.09. The van der Waals surface area contributed by atoms with Gasteiger partial charge in [0.15, 0.2) is 11.5 Å². The number of carboxylic acid groups (broad SMARTS) is 1. The van der Waals surface area contributed by atoms with Crippen molar-refractivity contribution in [1.29, 1.82) is 0 Å². The molecule has 0 radical (unpaired) electrons. The molecule has 3 heterocycles. The van der Waals surface area contributed by atoms with E-state index >= 15 is 0 Å². The van der Waals surface area contributed by atoms with Crippen molar-refractivity contribution in [3.8, 4) is 16.9 Å². The van der Waals surface area contributed by atoms with Crippen LogP contribution in [0.3, 0.4) is 0 Å². The van der Waals surface area contributed by atoms with Crippen molar-refractivity contribution in [2.75, 3.05) is 19.3 Å². The number of halogens is 1. The van der Waals surface area contributed by atoms with E-state index < -0.39 is 27.6 Å². The Kier molecular flexibility index (Phi) is 6.94. The number of aliphatic imine (C=N–C) groups is 2. The fourth-order valence-corrected chi connectivity index (χ4v) is 4.72. The number of benzene rings is 2. The molecule has 0 spiro atoms. The SMILES string of the molecule is CC(=O)O.CS(=O)(=O)Oc1ccc(C2(c3cccc(-c4cccnc4F)c3)N=C(N)N3CCN=C32)cc1. The number of nitrogens with zero attached hydrogens (tertiary/aromatic N) is 4. The van der Waals surface area contributed by atoms with E-state index in [1.54, 1.807) is 42.5 Å². The van der Waals surface area contributed by atoms with Crippen LogP contribution in [0, 0.1) is 5.95 Å². The van der Waals surface area contributed by atoms with Crippen LogP contribution < -0.4 is 9.92 Å². The van der Waals surface area contributed by atoms with E-state index in [2.05, 4.69) is 4.98 Å². The summed E-state index contributed by atoms with van der Waals surface area (Å²) in [5.41, 5.74) is 7.68. The minimum absolute atomic E-state index is 0.183. The molecule has 5 rings (SSSR count). The first-order chi connectivity index (χ1) is 17.5. The maximum Gasteiger partial charge on any atom is 0.306 e. The van der Waals surface area contributed by atoms with Gasteiger partial charge < -0.3 is 15.0 Å². The van der Waals surface area contributed by atoms with Gasteiger partial charge in [0.25, 0.3) is 5.97 Å². The van der Waals surface area contributed by atoms with Gasteiger partial charge in [-0.25, -0.2) is 9.98 Å². The quantitative estimate of drug-likeness (QED) is 0.382. The molecule has 0 amide bonds. The van der Waals surface area contributed by atoms with Gasteiger partial charge in [0, 0.05) is 25.2 Å². The van der Waals surface area contributed by atoms with E-state index in [-0.39, 0.29) is 5.75 Å². The molecule has 12 heteroatoms. The molecule has 0 bridgehead atoms.